The predicted octanol–water partition coefficient (Wildman–Crippen LogP) is 7.02. The number of allylic oxidation sites excluding steroid dienone is 8. The molecule has 0 bridgehead atoms. The summed E-state index contributed by atoms with van der Waals surface area (Å²) in [4.78, 5) is 0. The van der Waals surface area contributed by atoms with Crippen LogP contribution < -0.4 is 0 Å². The van der Waals surface area contributed by atoms with Crippen molar-refractivity contribution < 1.29 is 0 Å². The summed E-state index contributed by atoms with van der Waals surface area (Å²) in [5, 5.41) is 7.52. The van der Waals surface area contributed by atoms with Gasteiger partial charge in [0.25, 0.3) is 0 Å². The Morgan fingerprint density at radius 1 is 0.880 bits per heavy atom. The summed E-state index contributed by atoms with van der Waals surface area (Å²) in [6, 6.07) is 0. The minimum absolute atomic E-state index is 0.655. The van der Waals surface area contributed by atoms with Crippen LogP contribution in [0.4, 0.5) is 0 Å². The van der Waals surface area contributed by atoms with Gasteiger partial charge in [-0.3, -0.25) is 0 Å². The van der Waals surface area contributed by atoms with E-state index in [0.29, 0.717) is 17.8 Å². The predicted molar refractivity (Wildman–Crippen MR) is 118 cm³/mol. The van der Waals surface area contributed by atoms with Crippen molar-refractivity contribution in [3.8, 4) is 0 Å². The van der Waals surface area contributed by atoms with Crippen LogP contribution in [-0.2, 0) is 0 Å². The summed E-state index contributed by atoms with van der Waals surface area (Å²) in [6.45, 7) is 25.0. The van der Waals surface area contributed by atoms with Gasteiger partial charge >= 0.3 is 0 Å². The van der Waals surface area contributed by atoms with Crippen LogP contribution >= 0.6 is 0 Å². The van der Waals surface area contributed by atoms with Crippen molar-refractivity contribution in [2.45, 2.75) is 74.2 Å². The molecule has 1 unspecified atom stereocenters. The first kappa shape index (κ1) is 19.2. The number of hydrogen-bond acceptors (Lipinski definition) is 0. The fourth-order valence-corrected chi connectivity index (χ4v) is 16.6. The second kappa shape index (κ2) is 5.95. The third-order valence-corrected chi connectivity index (χ3v) is 15.1. The second-order valence-corrected chi connectivity index (χ2v) is 19.2. The maximum Gasteiger partial charge on any atom is 0.111 e. The van der Waals surface area contributed by atoms with E-state index in [2.05, 4.69) is 79.9 Å². The van der Waals surface area contributed by atoms with Gasteiger partial charge in [-0.15, -0.1) is 0 Å². The first-order chi connectivity index (χ1) is 11.4. The van der Waals surface area contributed by atoms with Gasteiger partial charge in [-0.05, 0) is 35.7 Å². The molecule has 0 aromatic carbocycles. The van der Waals surface area contributed by atoms with E-state index in [1.54, 1.807) is 11.1 Å². The van der Waals surface area contributed by atoms with E-state index in [0.717, 1.165) is 5.92 Å². The standard InChI is InChI=1S/C23H38Si2/c1-14(2)17-11-20-21(12-17)25(9,10)23-19(16(5)6)13-18(15(3)4)22(23)24(20,7)8/h11,13-16,19H,12H2,1-10H3. The molecule has 25 heavy (non-hydrogen) atoms. The molecule has 0 saturated heterocycles. The normalized spacial score (nSPS) is 27.3. The lowest BCUT2D eigenvalue weighted by atomic mass is 9.96. The summed E-state index contributed by atoms with van der Waals surface area (Å²) in [5.41, 5.74) is 3.41. The van der Waals surface area contributed by atoms with Gasteiger partial charge in [0.1, 0.15) is 16.1 Å². The molecule has 0 saturated carbocycles. The zero-order chi connectivity index (χ0) is 18.9. The van der Waals surface area contributed by atoms with Gasteiger partial charge in [-0.1, -0.05) is 106 Å². The monoisotopic (exact) mass is 370 g/mol. The molecule has 2 heteroatoms. The minimum atomic E-state index is -1.59. The Morgan fingerprint density at radius 2 is 1.48 bits per heavy atom. The number of rotatable bonds is 3. The van der Waals surface area contributed by atoms with Gasteiger partial charge < -0.3 is 0 Å². The molecule has 0 N–H and O–H groups in total. The lowest BCUT2D eigenvalue weighted by Crippen LogP contribution is -2.48. The summed E-state index contributed by atoms with van der Waals surface area (Å²) < 4.78 is 0. The van der Waals surface area contributed by atoms with Gasteiger partial charge in [-0.25, -0.2) is 0 Å². The Balaban J connectivity index is 2.23. The molecule has 0 fully saturated rings. The van der Waals surface area contributed by atoms with E-state index in [4.69, 9.17) is 0 Å². The first-order valence-corrected chi connectivity index (χ1v) is 16.3. The van der Waals surface area contributed by atoms with Crippen LogP contribution in [0.1, 0.15) is 48.0 Å². The second-order valence-electron chi connectivity index (χ2n) is 10.5. The van der Waals surface area contributed by atoms with E-state index in [1.807, 2.05) is 20.8 Å². The Morgan fingerprint density at radius 3 is 1.96 bits per heavy atom. The molecule has 0 aromatic heterocycles. The lowest BCUT2D eigenvalue weighted by Gasteiger charge is -2.44. The van der Waals surface area contributed by atoms with Crippen LogP contribution in [0.3, 0.4) is 0 Å². The molecular formula is C23H38Si2. The summed E-state index contributed by atoms with van der Waals surface area (Å²) in [6.07, 6.45) is 6.63. The van der Waals surface area contributed by atoms with Crippen molar-refractivity contribution in [1.29, 1.82) is 0 Å². The van der Waals surface area contributed by atoms with Crippen molar-refractivity contribution in [2.24, 2.45) is 23.7 Å². The maximum atomic E-state index is 2.69. The van der Waals surface area contributed by atoms with Crippen molar-refractivity contribution in [1.82, 2.24) is 0 Å². The molecule has 1 heterocycles. The third-order valence-electron chi connectivity index (χ3n) is 7.09. The highest BCUT2D eigenvalue weighted by Crippen LogP contribution is 2.56. The molecule has 1 aliphatic heterocycles. The largest absolute Gasteiger partial charge is 0.111 e. The van der Waals surface area contributed by atoms with Crippen LogP contribution in [-0.4, -0.2) is 16.1 Å². The molecule has 0 spiro atoms. The van der Waals surface area contributed by atoms with Gasteiger partial charge in [0.15, 0.2) is 0 Å². The summed E-state index contributed by atoms with van der Waals surface area (Å²) in [7, 11) is -3.14. The van der Waals surface area contributed by atoms with Crippen LogP contribution in [0.5, 0.6) is 0 Å². The molecule has 0 amide bonds. The Hall–Kier alpha value is -0.606. The van der Waals surface area contributed by atoms with Crippen molar-refractivity contribution >= 4 is 16.1 Å². The van der Waals surface area contributed by atoms with E-state index in [1.165, 1.54) is 6.42 Å². The van der Waals surface area contributed by atoms with Crippen molar-refractivity contribution in [2.75, 3.05) is 0 Å². The lowest BCUT2D eigenvalue weighted by molar-refractivity contribution is 0.542. The fraction of sp³-hybridized carbons (Fsp3) is 0.652. The molecule has 2 aliphatic carbocycles. The summed E-state index contributed by atoms with van der Waals surface area (Å²) >= 11 is 0. The van der Waals surface area contributed by atoms with E-state index >= 15 is 0 Å². The molecule has 138 valence electrons. The molecule has 0 nitrogen and oxygen atoms in total. The highest BCUT2D eigenvalue weighted by molar-refractivity contribution is 7.02. The van der Waals surface area contributed by atoms with E-state index < -0.39 is 16.1 Å². The van der Waals surface area contributed by atoms with Crippen molar-refractivity contribution in [3.63, 3.8) is 0 Å². The molecule has 0 aromatic rings. The zero-order valence-corrected chi connectivity index (χ0v) is 20.2. The van der Waals surface area contributed by atoms with Gasteiger partial charge in [0, 0.05) is 0 Å². The zero-order valence-electron chi connectivity index (χ0n) is 18.2. The molecule has 0 radical (unpaired) electrons. The van der Waals surface area contributed by atoms with Crippen LogP contribution in [0.2, 0.25) is 26.2 Å². The minimum Gasteiger partial charge on any atom is -0.0741 e. The first-order valence-electron chi connectivity index (χ1n) is 10.3. The highest BCUT2D eigenvalue weighted by atomic mass is 28.3. The summed E-state index contributed by atoms with van der Waals surface area (Å²) in [5.74, 6) is 2.76. The van der Waals surface area contributed by atoms with Crippen LogP contribution in [0.25, 0.3) is 0 Å². The topological polar surface area (TPSA) is 0 Å². The van der Waals surface area contributed by atoms with Gasteiger partial charge in [0.05, 0.1) is 0 Å². The Kier molecular flexibility index (Phi) is 4.56. The van der Waals surface area contributed by atoms with E-state index in [9.17, 15) is 0 Å². The molecule has 1 atom stereocenters. The average Bonchev–Trinajstić information content (AvgIpc) is 3.09. The molecule has 3 rings (SSSR count). The van der Waals surface area contributed by atoms with Gasteiger partial charge in [-0.2, -0.15) is 0 Å². The number of hydrogen-bond donors (Lipinski definition) is 0. The average molecular weight is 371 g/mol. The quantitative estimate of drug-likeness (QED) is 0.468. The third kappa shape index (κ3) is 2.66. The Bertz CT molecular complexity index is 721. The van der Waals surface area contributed by atoms with Crippen LogP contribution in [0, 0.1) is 23.7 Å². The highest BCUT2D eigenvalue weighted by Gasteiger charge is 2.53. The van der Waals surface area contributed by atoms with E-state index in [-0.39, 0.29) is 0 Å². The van der Waals surface area contributed by atoms with Crippen molar-refractivity contribution in [3.05, 3.63) is 44.1 Å². The maximum absolute atomic E-state index is 2.69. The van der Waals surface area contributed by atoms with Gasteiger partial charge in [0.2, 0.25) is 0 Å². The Labute approximate surface area is 158 Å². The fourth-order valence-electron chi connectivity index (χ4n) is 5.52. The van der Waals surface area contributed by atoms with Crippen LogP contribution in [0.15, 0.2) is 44.1 Å². The molecule has 3 aliphatic rings. The SMILES string of the molecule is CC(C)C1=CC2=C(C1)[Si](C)(C)C1=C(C(C(C)C)=CC1C(C)C)[Si]2(C)C. The smallest absolute Gasteiger partial charge is 0.0741 e. The molecular weight excluding hydrogens is 332 g/mol.